The summed E-state index contributed by atoms with van der Waals surface area (Å²) in [6.45, 7) is 4.00. The van der Waals surface area contributed by atoms with Gasteiger partial charge in [-0.05, 0) is 61.9 Å². The number of nitrogens with one attached hydrogen (secondary N) is 1. The van der Waals surface area contributed by atoms with Crippen molar-refractivity contribution >= 4 is 11.9 Å². The molecule has 0 radical (unpaired) electrons. The van der Waals surface area contributed by atoms with Crippen molar-refractivity contribution in [2.75, 3.05) is 6.54 Å². The monoisotopic (exact) mass is 345 g/mol. The van der Waals surface area contributed by atoms with E-state index in [1.165, 1.54) is 43.3 Å². The highest BCUT2D eigenvalue weighted by atomic mass is 19.1. The average molecular weight is 345 g/mol. The maximum Gasteiger partial charge on any atom is 0.338 e. The van der Waals surface area contributed by atoms with Crippen molar-refractivity contribution in [2.45, 2.75) is 26.4 Å². The molecule has 0 saturated carbocycles. The molecule has 1 atom stereocenters. The summed E-state index contributed by atoms with van der Waals surface area (Å²) in [6.07, 6.45) is -0.0590. The van der Waals surface area contributed by atoms with Gasteiger partial charge in [0.15, 0.2) is 6.10 Å². The van der Waals surface area contributed by atoms with Crippen LogP contribution in [0.5, 0.6) is 11.5 Å². The summed E-state index contributed by atoms with van der Waals surface area (Å²) >= 11 is 0. The fraction of sp³-hybridized carbons (Fsp3) is 0.263. The fourth-order valence-electron chi connectivity index (χ4n) is 1.97. The van der Waals surface area contributed by atoms with Gasteiger partial charge < -0.3 is 14.8 Å². The lowest BCUT2D eigenvalue weighted by atomic mass is 10.2. The standard InChI is InChI=1S/C19H20FNO4/c1-3-12-21-18(22)13(2)24-19(23)14-4-8-16(9-5-14)25-17-10-6-15(20)7-11-17/h4-11,13H,3,12H2,1-2H3,(H,21,22)/t13-/m1/s1. The third-order valence-electron chi connectivity index (χ3n) is 3.34. The van der Waals surface area contributed by atoms with Crippen LogP contribution in [0, 0.1) is 5.82 Å². The van der Waals surface area contributed by atoms with Crippen molar-refractivity contribution < 1.29 is 23.5 Å². The molecule has 0 aliphatic heterocycles. The number of carbonyl (C=O) groups excluding carboxylic acids is 2. The lowest BCUT2D eigenvalue weighted by Gasteiger charge is -2.13. The second-order valence-electron chi connectivity index (χ2n) is 5.42. The summed E-state index contributed by atoms with van der Waals surface area (Å²) in [7, 11) is 0. The van der Waals surface area contributed by atoms with Gasteiger partial charge in [0, 0.05) is 6.54 Å². The summed E-state index contributed by atoms with van der Waals surface area (Å²) in [4.78, 5) is 23.8. The quantitative estimate of drug-likeness (QED) is 0.777. The number of hydrogen-bond donors (Lipinski definition) is 1. The molecule has 0 spiro atoms. The normalized spacial score (nSPS) is 11.5. The van der Waals surface area contributed by atoms with Crippen LogP contribution in [0.15, 0.2) is 48.5 Å². The molecule has 0 saturated heterocycles. The molecule has 2 aromatic rings. The Kier molecular flexibility index (Phi) is 6.51. The Labute approximate surface area is 145 Å². The van der Waals surface area contributed by atoms with Gasteiger partial charge in [-0.2, -0.15) is 0 Å². The topological polar surface area (TPSA) is 64.6 Å². The van der Waals surface area contributed by atoms with Crippen LogP contribution < -0.4 is 10.1 Å². The zero-order valence-electron chi connectivity index (χ0n) is 14.1. The van der Waals surface area contributed by atoms with Crippen LogP contribution in [0.4, 0.5) is 4.39 Å². The van der Waals surface area contributed by atoms with E-state index in [-0.39, 0.29) is 11.7 Å². The second kappa shape index (κ2) is 8.82. The van der Waals surface area contributed by atoms with Crippen molar-refractivity contribution in [2.24, 2.45) is 0 Å². The van der Waals surface area contributed by atoms with E-state index in [0.717, 1.165) is 6.42 Å². The van der Waals surface area contributed by atoms with Gasteiger partial charge in [-0.15, -0.1) is 0 Å². The number of halogens is 1. The van der Waals surface area contributed by atoms with E-state index >= 15 is 0 Å². The van der Waals surface area contributed by atoms with Crippen LogP contribution in [0.2, 0.25) is 0 Å². The molecule has 0 bridgehead atoms. The lowest BCUT2D eigenvalue weighted by Crippen LogP contribution is -2.36. The number of carbonyl (C=O) groups is 2. The van der Waals surface area contributed by atoms with Gasteiger partial charge in [-0.3, -0.25) is 4.79 Å². The minimum Gasteiger partial charge on any atom is -0.457 e. The molecule has 2 rings (SSSR count). The average Bonchev–Trinajstić information content (AvgIpc) is 2.62. The predicted molar refractivity (Wildman–Crippen MR) is 91.1 cm³/mol. The highest BCUT2D eigenvalue weighted by Crippen LogP contribution is 2.22. The van der Waals surface area contributed by atoms with Crippen molar-refractivity contribution in [3.63, 3.8) is 0 Å². The first-order valence-corrected chi connectivity index (χ1v) is 8.01. The fourth-order valence-corrected chi connectivity index (χ4v) is 1.97. The third-order valence-corrected chi connectivity index (χ3v) is 3.34. The first kappa shape index (κ1) is 18.4. The largest absolute Gasteiger partial charge is 0.457 e. The van der Waals surface area contributed by atoms with Gasteiger partial charge in [0.2, 0.25) is 0 Å². The maximum atomic E-state index is 12.9. The van der Waals surface area contributed by atoms with E-state index in [2.05, 4.69) is 5.32 Å². The lowest BCUT2D eigenvalue weighted by molar-refractivity contribution is -0.129. The first-order valence-electron chi connectivity index (χ1n) is 8.01. The molecule has 0 fully saturated rings. The number of amides is 1. The minimum absolute atomic E-state index is 0.307. The van der Waals surface area contributed by atoms with Crippen molar-refractivity contribution in [1.82, 2.24) is 5.32 Å². The molecule has 0 heterocycles. The van der Waals surface area contributed by atoms with Crippen LogP contribution in [0.25, 0.3) is 0 Å². The molecular weight excluding hydrogens is 325 g/mol. The molecule has 0 aromatic heterocycles. The van der Waals surface area contributed by atoms with Gasteiger partial charge in [0.25, 0.3) is 5.91 Å². The van der Waals surface area contributed by atoms with Crippen LogP contribution >= 0.6 is 0 Å². The summed E-state index contributed by atoms with van der Waals surface area (Å²) < 4.78 is 23.5. The highest BCUT2D eigenvalue weighted by Gasteiger charge is 2.18. The Morgan fingerprint density at radius 1 is 1.04 bits per heavy atom. The van der Waals surface area contributed by atoms with E-state index < -0.39 is 12.1 Å². The maximum absolute atomic E-state index is 12.9. The molecular formula is C19H20FNO4. The Hall–Kier alpha value is -2.89. The van der Waals surface area contributed by atoms with Crippen LogP contribution in [0.1, 0.15) is 30.6 Å². The van der Waals surface area contributed by atoms with E-state index in [0.29, 0.717) is 23.6 Å². The third kappa shape index (κ3) is 5.60. The van der Waals surface area contributed by atoms with Gasteiger partial charge in [0.1, 0.15) is 17.3 Å². The smallest absolute Gasteiger partial charge is 0.338 e. The first-order chi connectivity index (χ1) is 12.0. The Bertz CT molecular complexity index is 713. The summed E-state index contributed by atoms with van der Waals surface area (Å²) in [5.41, 5.74) is 0.307. The molecule has 132 valence electrons. The molecule has 2 aromatic carbocycles. The zero-order valence-corrected chi connectivity index (χ0v) is 14.1. The molecule has 25 heavy (non-hydrogen) atoms. The Morgan fingerprint density at radius 2 is 1.60 bits per heavy atom. The highest BCUT2D eigenvalue weighted by molar-refractivity contribution is 5.92. The molecule has 5 nitrogen and oxygen atoms in total. The Morgan fingerprint density at radius 3 is 2.16 bits per heavy atom. The number of ether oxygens (including phenoxy) is 2. The molecule has 1 N–H and O–H groups in total. The number of hydrogen-bond acceptors (Lipinski definition) is 4. The molecule has 6 heteroatoms. The van der Waals surface area contributed by atoms with Gasteiger partial charge >= 0.3 is 5.97 Å². The van der Waals surface area contributed by atoms with E-state index in [1.807, 2.05) is 6.92 Å². The molecule has 0 aliphatic rings. The number of rotatable bonds is 7. The van der Waals surface area contributed by atoms with Gasteiger partial charge in [-0.1, -0.05) is 6.92 Å². The SMILES string of the molecule is CCCNC(=O)[C@@H](C)OC(=O)c1ccc(Oc2ccc(F)cc2)cc1. The molecule has 0 unspecified atom stereocenters. The van der Waals surface area contributed by atoms with Crippen LogP contribution in [0.3, 0.4) is 0 Å². The van der Waals surface area contributed by atoms with Crippen molar-refractivity contribution in [3.8, 4) is 11.5 Å². The predicted octanol–water partition coefficient (Wildman–Crippen LogP) is 3.69. The van der Waals surface area contributed by atoms with E-state index in [9.17, 15) is 14.0 Å². The summed E-state index contributed by atoms with van der Waals surface area (Å²) in [5, 5.41) is 2.67. The molecule has 0 aliphatic carbocycles. The van der Waals surface area contributed by atoms with E-state index in [4.69, 9.17) is 9.47 Å². The zero-order chi connectivity index (χ0) is 18.2. The molecule has 1 amide bonds. The van der Waals surface area contributed by atoms with Crippen molar-refractivity contribution in [3.05, 3.63) is 59.9 Å². The summed E-state index contributed by atoms with van der Waals surface area (Å²) in [5.74, 6) is -0.281. The Balaban J connectivity index is 1.93. The van der Waals surface area contributed by atoms with Gasteiger partial charge in [-0.25, -0.2) is 9.18 Å². The number of benzene rings is 2. The minimum atomic E-state index is -0.866. The van der Waals surface area contributed by atoms with Crippen LogP contribution in [-0.2, 0) is 9.53 Å². The van der Waals surface area contributed by atoms with Crippen LogP contribution in [-0.4, -0.2) is 24.5 Å². The second-order valence-corrected chi connectivity index (χ2v) is 5.42. The van der Waals surface area contributed by atoms with Crippen molar-refractivity contribution in [1.29, 1.82) is 0 Å². The van der Waals surface area contributed by atoms with Gasteiger partial charge in [0.05, 0.1) is 5.56 Å². The number of esters is 1. The summed E-state index contributed by atoms with van der Waals surface area (Å²) in [6, 6.07) is 11.9. The van der Waals surface area contributed by atoms with E-state index in [1.54, 1.807) is 12.1 Å².